The summed E-state index contributed by atoms with van der Waals surface area (Å²) in [6.07, 6.45) is 3.65. The van der Waals surface area contributed by atoms with Crippen molar-refractivity contribution in [3.8, 4) is 0 Å². The lowest BCUT2D eigenvalue weighted by atomic mass is 9.68. The predicted molar refractivity (Wildman–Crippen MR) is 73.1 cm³/mol. The number of hydrogen-bond donors (Lipinski definition) is 1. The minimum absolute atomic E-state index is 0.297. The molecule has 0 saturated heterocycles. The number of carbonyl (C=O) groups is 1. The first-order valence-corrected chi connectivity index (χ1v) is 7.02. The Balaban J connectivity index is 2.44. The van der Waals surface area contributed by atoms with Crippen molar-refractivity contribution < 1.29 is 14.3 Å². The highest BCUT2D eigenvalue weighted by Crippen LogP contribution is 2.41. The monoisotopic (exact) mass is 264 g/mol. The van der Waals surface area contributed by atoms with Crippen molar-refractivity contribution in [1.29, 1.82) is 0 Å². The largest absolute Gasteiger partial charge is 0.481 e. The van der Waals surface area contributed by atoms with E-state index in [4.69, 9.17) is 0 Å². The third kappa shape index (κ3) is 2.80. The third-order valence-electron chi connectivity index (χ3n) is 4.15. The average Bonchev–Trinajstić information content (AvgIpc) is 2.39. The summed E-state index contributed by atoms with van der Waals surface area (Å²) in [5.41, 5.74) is 0.873. The van der Waals surface area contributed by atoms with E-state index in [1.165, 1.54) is 6.92 Å². The van der Waals surface area contributed by atoms with Gasteiger partial charge in [0.2, 0.25) is 0 Å². The predicted octanol–water partition coefficient (Wildman–Crippen LogP) is 3.87. The Morgan fingerprint density at radius 3 is 2.53 bits per heavy atom. The van der Waals surface area contributed by atoms with Crippen LogP contribution in [0.5, 0.6) is 0 Å². The summed E-state index contributed by atoms with van der Waals surface area (Å²) < 4.78 is 13.3. The molecule has 0 amide bonds. The molecule has 104 valence electrons. The fourth-order valence-electron chi connectivity index (χ4n) is 3.22. The lowest BCUT2D eigenvalue weighted by Gasteiger charge is -2.35. The van der Waals surface area contributed by atoms with Gasteiger partial charge in [-0.1, -0.05) is 43.5 Å². The molecular weight excluding hydrogens is 243 g/mol. The number of aliphatic carboxylic acids is 1. The maximum absolute atomic E-state index is 13.3. The molecular formula is C16H21FO2. The summed E-state index contributed by atoms with van der Waals surface area (Å²) >= 11 is 0. The Kier molecular flexibility index (Phi) is 4.23. The van der Waals surface area contributed by atoms with Crippen LogP contribution >= 0.6 is 0 Å². The van der Waals surface area contributed by atoms with Gasteiger partial charge >= 0.3 is 5.97 Å². The molecule has 2 nitrogen and oxygen atoms in total. The van der Waals surface area contributed by atoms with Crippen molar-refractivity contribution in [2.24, 2.45) is 0 Å². The molecule has 1 fully saturated rings. The van der Waals surface area contributed by atoms with E-state index in [0.29, 0.717) is 19.3 Å². The molecule has 0 bridgehead atoms. The van der Waals surface area contributed by atoms with Gasteiger partial charge in [-0.15, -0.1) is 0 Å². The van der Waals surface area contributed by atoms with Crippen LogP contribution in [-0.4, -0.2) is 17.2 Å². The molecule has 1 aromatic carbocycles. The van der Waals surface area contributed by atoms with Gasteiger partial charge in [0, 0.05) is 6.42 Å². The van der Waals surface area contributed by atoms with Crippen LogP contribution in [0.4, 0.5) is 4.39 Å². The van der Waals surface area contributed by atoms with Crippen LogP contribution in [0.1, 0.15) is 50.2 Å². The van der Waals surface area contributed by atoms with Crippen molar-refractivity contribution in [2.75, 3.05) is 0 Å². The van der Waals surface area contributed by atoms with E-state index < -0.39 is 17.6 Å². The molecule has 19 heavy (non-hydrogen) atoms. The number of benzene rings is 1. The normalized spacial score (nSPS) is 19.9. The van der Waals surface area contributed by atoms with Crippen LogP contribution in [-0.2, 0) is 16.6 Å². The van der Waals surface area contributed by atoms with E-state index in [1.807, 2.05) is 24.3 Å². The van der Waals surface area contributed by atoms with Crippen LogP contribution in [0.25, 0.3) is 0 Å². The van der Waals surface area contributed by atoms with Crippen LogP contribution in [0.2, 0.25) is 0 Å². The number of hydrogen-bond acceptors (Lipinski definition) is 1. The highest BCUT2D eigenvalue weighted by molar-refractivity contribution is 5.82. The Bertz CT molecular complexity index is 448. The number of alkyl halides is 1. The Labute approximate surface area is 113 Å². The first-order chi connectivity index (χ1) is 9.06. The molecule has 1 unspecified atom stereocenters. The Morgan fingerprint density at radius 2 is 1.95 bits per heavy atom. The second-order valence-corrected chi connectivity index (χ2v) is 5.59. The fourth-order valence-corrected chi connectivity index (χ4v) is 3.22. The fraction of sp³-hybridized carbons (Fsp3) is 0.562. The zero-order chi connectivity index (χ0) is 13.9. The topological polar surface area (TPSA) is 37.3 Å². The molecule has 0 radical (unpaired) electrons. The molecule has 1 aromatic rings. The van der Waals surface area contributed by atoms with Crippen LogP contribution in [0.3, 0.4) is 0 Å². The summed E-state index contributed by atoms with van der Waals surface area (Å²) in [5.74, 6) is -0.758. The molecule has 0 aliphatic heterocycles. The van der Waals surface area contributed by atoms with Crippen molar-refractivity contribution in [1.82, 2.24) is 0 Å². The highest BCUT2D eigenvalue weighted by Gasteiger charge is 2.42. The summed E-state index contributed by atoms with van der Waals surface area (Å²) in [6.45, 7) is 1.52. The smallest absolute Gasteiger partial charge is 0.314 e. The minimum atomic E-state index is -0.949. The van der Waals surface area contributed by atoms with E-state index in [2.05, 4.69) is 0 Å². The quantitative estimate of drug-likeness (QED) is 0.896. The number of carboxylic acid groups (broad SMARTS) is 1. The Morgan fingerprint density at radius 1 is 1.32 bits per heavy atom. The first kappa shape index (κ1) is 14.0. The summed E-state index contributed by atoms with van der Waals surface area (Å²) in [5, 5.41) is 9.71. The van der Waals surface area contributed by atoms with Gasteiger partial charge in [0.15, 0.2) is 0 Å². The van der Waals surface area contributed by atoms with Crippen molar-refractivity contribution in [3.05, 3.63) is 35.4 Å². The maximum atomic E-state index is 13.3. The average molecular weight is 264 g/mol. The molecule has 0 aromatic heterocycles. The van der Waals surface area contributed by atoms with E-state index in [-0.39, 0.29) is 0 Å². The van der Waals surface area contributed by atoms with Crippen molar-refractivity contribution in [2.45, 2.75) is 57.0 Å². The SMILES string of the molecule is CC(F)Cc1ccccc1C1(C(=O)O)CCCCC1. The minimum Gasteiger partial charge on any atom is -0.481 e. The molecule has 2 rings (SSSR count). The second kappa shape index (κ2) is 5.72. The van der Waals surface area contributed by atoms with E-state index in [9.17, 15) is 14.3 Å². The van der Waals surface area contributed by atoms with Gasteiger partial charge in [-0.3, -0.25) is 4.79 Å². The first-order valence-electron chi connectivity index (χ1n) is 7.02. The second-order valence-electron chi connectivity index (χ2n) is 5.59. The maximum Gasteiger partial charge on any atom is 0.314 e. The molecule has 1 saturated carbocycles. The zero-order valence-electron chi connectivity index (χ0n) is 11.4. The molecule has 0 heterocycles. The van der Waals surface area contributed by atoms with Crippen LogP contribution in [0.15, 0.2) is 24.3 Å². The zero-order valence-corrected chi connectivity index (χ0v) is 11.4. The Hall–Kier alpha value is -1.38. The summed E-state index contributed by atoms with van der Waals surface area (Å²) in [7, 11) is 0. The van der Waals surface area contributed by atoms with E-state index >= 15 is 0 Å². The van der Waals surface area contributed by atoms with Gasteiger partial charge in [0.25, 0.3) is 0 Å². The molecule has 3 heteroatoms. The third-order valence-corrected chi connectivity index (χ3v) is 4.15. The van der Waals surface area contributed by atoms with Gasteiger partial charge in [0.05, 0.1) is 5.41 Å². The summed E-state index contributed by atoms with van der Waals surface area (Å²) in [6, 6.07) is 7.46. The molecule has 1 aliphatic carbocycles. The van der Waals surface area contributed by atoms with Crippen LogP contribution in [0, 0.1) is 0 Å². The molecule has 0 spiro atoms. The molecule has 1 aliphatic rings. The summed E-state index contributed by atoms with van der Waals surface area (Å²) in [4.78, 5) is 11.8. The van der Waals surface area contributed by atoms with E-state index in [0.717, 1.165) is 30.4 Å². The van der Waals surface area contributed by atoms with E-state index in [1.54, 1.807) is 0 Å². The van der Waals surface area contributed by atoms with Crippen molar-refractivity contribution >= 4 is 5.97 Å². The lowest BCUT2D eigenvalue weighted by Crippen LogP contribution is -2.38. The van der Waals surface area contributed by atoms with Gasteiger partial charge in [-0.25, -0.2) is 4.39 Å². The molecule has 1 N–H and O–H groups in total. The standard InChI is InChI=1S/C16H21FO2/c1-12(17)11-13-7-3-4-8-14(13)16(15(18)19)9-5-2-6-10-16/h3-4,7-8,12H,2,5-6,9-11H2,1H3,(H,18,19). The molecule has 1 atom stereocenters. The van der Waals surface area contributed by atoms with Gasteiger partial charge < -0.3 is 5.11 Å². The van der Waals surface area contributed by atoms with Gasteiger partial charge in [-0.2, -0.15) is 0 Å². The highest BCUT2D eigenvalue weighted by atomic mass is 19.1. The number of rotatable bonds is 4. The van der Waals surface area contributed by atoms with Crippen LogP contribution < -0.4 is 0 Å². The lowest BCUT2D eigenvalue weighted by molar-refractivity contribution is -0.145. The van der Waals surface area contributed by atoms with Gasteiger partial charge in [-0.05, 0) is 30.9 Å². The number of carboxylic acids is 1. The number of halogens is 1. The van der Waals surface area contributed by atoms with Crippen molar-refractivity contribution in [3.63, 3.8) is 0 Å². The van der Waals surface area contributed by atoms with Gasteiger partial charge in [0.1, 0.15) is 6.17 Å².